The number of halogens is 3. The summed E-state index contributed by atoms with van der Waals surface area (Å²) in [6.45, 7) is 0.188. The van der Waals surface area contributed by atoms with Crippen LogP contribution in [0, 0.1) is 10.1 Å². The Bertz CT molecular complexity index is 852. The highest BCUT2D eigenvalue weighted by atomic mass is 32.2. The number of nitrogens with one attached hydrogen (secondary N) is 1. The number of benzene rings is 2. The van der Waals surface area contributed by atoms with E-state index in [1.54, 1.807) is 30.3 Å². The van der Waals surface area contributed by atoms with E-state index in [1.165, 1.54) is 0 Å². The van der Waals surface area contributed by atoms with Crippen molar-refractivity contribution in [2.75, 3.05) is 5.32 Å². The summed E-state index contributed by atoms with van der Waals surface area (Å²) in [5, 5.41) is 13.8. The molecule has 0 heterocycles. The van der Waals surface area contributed by atoms with Gasteiger partial charge in [0.1, 0.15) is 5.69 Å². The van der Waals surface area contributed by atoms with Crippen molar-refractivity contribution >= 4 is 21.2 Å². The van der Waals surface area contributed by atoms with Gasteiger partial charge in [-0.25, -0.2) is 8.42 Å². The zero-order chi connectivity index (χ0) is 18.0. The molecule has 10 heteroatoms. The summed E-state index contributed by atoms with van der Waals surface area (Å²) in [5.74, 6) is 0. The van der Waals surface area contributed by atoms with E-state index in [1.807, 2.05) is 0 Å². The molecule has 0 aliphatic heterocycles. The summed E-state index contributed by atoms with van der Waals surface area (Å²) in [5.41, 5.74) is -5.57. The molecule has 0 saturated carbocycles. The van der Waals surface area contributed by atoms with Gasteiger partial charge in [0.25, 0.3) is 15.5 Å². The van der Waals surface area contributed by atoms with Crippen LogP contribution in [0.3, 0.4) is 0 Å². The van der Waals surface area contributed by atoms with Gasteiger partial charge >= 0.3 is 5.51 Å². The first kappa shape index (κ1) is 17.7. The van der Waals surface area contributed by atoms with Gasteiger partial charge in [0.15, 0.2) is 0 Å². The first-order chi connectivity index (χ1) is 11.1. The number of hydrogen-bond acceptors (Lipinski definition) is 5. The monoisotopic (exact) mass is 360 g/mol. The standard InChI is InChI=1S/C14H11F3N2O4S/c15-14(16,17)24(22,23)11-6-7-12(13(8-11)19(20)21)18-9-10-4-2-1-3-5-10/h1-8,18H,9H2. The lowest BCUT2D eigenvalue weighted by Crippen LogP contribution is -2.23. The van der Waals surface area contributed by atoms with Crippen molar-refractivity contribution in [2.45, 2.75) is 16.9 Å². The van der Waals surface area contributed by atoms with Crippen LogP contribution in [0.5, 0.6) is 0 Å². The summed E-state index contributed by atoms with van der Waals surface area (Å²) in [6, 6.07) is 10.8. The molecule has 1 N–H and O–H groups in total. The van der Waals surface area contributed by atoms with Gasteiger partial charge in [0.2, 0.25) is 0 Å². The summed E-state index contributed by atoms with van der Waals surface area (Å²) >= 11 is 0. The Hall–Kier alpha value is -2.62. The lowest BCUT2D eigenvalue weighted by atomic mass is 10.2. The topological polar surface area (TPSA) is 89.3 Å². The normalized spacial score (nSPS) is 12.0. The second-order valence-electron chi connectivity index (χ2n) is 4.72. The highest BCUT2D eigenvalue weighted by Crippen LogP contribution is 2.34. The zero-order valence-electron chi connectivity index (χ0n) is 11.9. The van der Waals surface area contributed by atoms with E-state index < -0.39 is 30.9 Å². The van der Waals surface area contributed by atoms with Crippen molar-refractivity contribution in [3.05, 3.63) is 64.2 Å². The molecule has 2 aromatic rings. The van der Waals surface area contributed by atoms with Gasteiger partial charge in [-0.2, -0.15) is 13.2 Å². The molecule has 0 aliphatic carbocycles. The van der Waals surface area contributed by atoms with Crippen LogP contribution in [0.15, 0.2) is 53.4 Å². The zero-order valence-corrected chi connectivity index (χ0v) is 12.8. The highest BCUT2D eigenvalue weighted by molar-refractivity contribution is 7.92. The average Bonchev–Trinajstić information content (AvgIpc) is 2.52. The molecule has 0 atom stereocenters. The van der Waals surface area contributed by atoms with Crippen LogP contribution >= 0.6 is 0 Å². The summed E-state index contributed by atoms with van der Waals surface area (Å²) in [4.78, 5) is 8.94. The van der Waals surface area contributed by atoms with Crippen molar-refractivity contribution < 1.29 is 26.5 Å². The van der Waals surface area contributed by atoms with E-state index in [9.17, 15) is 31.7 Å². The maximum atomic E-state index is 12.5. The van der Waals surface area contributed by atoms with Crippen LogP contribution in [0.2, 0.25) is 0 Å². The molecule has 0 fully saturated rings. The fourth-order valence-corrected chi connectivity index (χ4v) is 2.69. The molecule has 6 nitrogen and oxygen atoms in total. The first-order valence-electron chi connectivity index (χ1n) is 6.50. The number of alkyl halides is 3. The third kappa shape index (κ3) is 3.65. The van der Waals surface area contributed by atoms with Gasteiger partial charge in [0, 0.05) is 12.6 Å². The van der Waals surface area contributed by atoms with E-state index in [-0.39, 0.29) is 12.2 Å². The lowest BCUT2D eigenvalue weighted by molar-refractivity contribution is -0.384. The Morgan fingerprint density at radius 1 is 1.08 bits per heavy atom. The lowest BCUT2D eigenvalue weighted by Gasteiger charge is -2.11. The molecule has 0 amide bonds. The summed E-state index contributed by atoms with van der Waals surface area (Å²) in [6.07, 6.45) is 0. The van der Waals surface area contributed by atoms with Crippen LogP contribution in [-0.2, 0) is 16.4 Å². The van der Waals surface area contributed by atoms with E-state index in [0.29, 0.717) is 12.1 Å². The first-order valence-corrected chi connectivity index (χ1v) is 7.99. The van der Waals surface area contributed by atoms with Gasteiger partial charge in [-0.15, -0.1) is 0 Å². The minimum atomic E-state index is -5.65. The smallest absolute Gasteiger partial charge is 0.375 e. The van der Waals surface area contributed by atoms with Gasteiger partial charge in [-0.05, 0) is 17.7 Å². The third-order valence-electron chi connectivity index (χ3n) is 3.11. The molecular weight excluding hydrogens is 349 g/mol. The second-order valence-corrected chi connectivity index (χ2v) is 6.67. The van der Waals surface area contributed by atoms with E-state index in [4.69, 9.17) is 0 Å². The van der Waals surface area contributed by atoms with Crippen molar-refractivity contribution in [3.63, 3.8) is 0 Å². The van der Waals surface area contributed by atoms with Crippen LogP contribution < -0.4 is 5.32 Å². The van der Waals surface area contributed by atoms with Crippen molar-refractivity contribution in [1.29, 1.82) is 0 Å². The van der Waals surface area contributed by atoms with Crippen LogP contribution in [0.4, 0.5) is 24.5 Å². The maximum Gasteiger partial charge on any atom is 0.501 e. The SMILES string of the molecule is O=[N+]([O-])c1cc(S(=O)(=O)C(F)(F)F)ccc1NCc1ccccc1. The maximum absolute atomic E-state index is 12.5. The minimum Gasteiger partial charge on any atom is -0.375 e. The van der Waals surface area contributed by atoms with Crippen LogP contribution in [0.25, 0.3) is 0 Å². The van der Waals surface area contributed by atoms with E-state index in [2.05, 4.69) is 5.32 Å². The fraction of sp³-hybridized carbons (Fsp3) is 0.143. The molecule has 0 spiro atoms. The fourth-order valence-electron chi connectivity index (χ4n) is 1.91. The number of sulfone groups is 1. The van der Waals surface area contributed by atoms with Gasteiger partial charge in [0.05, 0.1) is 9.82 Å². The molecular formula is C14H11F3N2O4S. The van der Waals surface area contributed by atoms with Crippen LogP contribution in [0.1, 0.15) is 5.56 Å². The Balaban J connectivity index is 2.36. The molecule has 24 heavy (non-hydrogen) atoms. The number of rotatable bonds is 5. The number of nitro benzene ring substituents is 1. The summed E-state index contributed by atoms with van der Waals surface area (Å²) < 4.78 is 60.3. The molecule has 128 valence electrons. The van der Waals surface area contributed by atoms with Crippen molar-refractivity contribution in [3.8, 4) is 0 Å². The second kappa shape index (κ2) is 6.48. The van der Waals surface area contributed by atoms with Gasteiger partial charge in [-0.1, -0.05) is 30.3 Å². The van der Waals surface area contributed by atoms with Gasteiger partial charge < -0.3 is 5.32 Å². The molecule has 0 aromatic heterocycles. The van der Waals surface area contributed by atoms with Crippen molar-refractivity contribution in [2.24, 2.45) is 0 Å². The summed E-state index contributed by atoms with van der Waals surface area (Å²) in [7, 11) is -5.65. The van der Waals surface area contributed by atoms with E-state index >= 15 is 0 Å². The Morgan fingerprint density at radius 3 is 2.25 bits per heavy atom. The highest BCUT2D eigenvalue weighted by Gasteiger charge is 2.47. The molecule has 0 bridgehead atoms. The Labute approximate surface area is 135 Å². The number of hydrogen-bond donors (Lipinski definition) is 1. The molecule has 0 unspecified atom stereocenters. The molecule has 2 aromatic carbocycles. The Kier molecular flexibility index (Phi) is 4.78. The quantitative estimate of drug-likeness (QED) is 0.651. The predicted octanol–water partition coefficient (Wildman–Crippen LogP) is 3.50. The number of nitrogens with zero attached hydrogens (tertiary/aromatic N) is 1. The molecule has 0 radical (unpaired) electrons. The molecule has 0 aliphatic rings. The number of nitro groups is 1. The van der Waals surface area contributed by atoms with Crippen molar-refractivity contribution in [1.82, 2.24) is 0 Å². The number of anilines is 1. The average molecular weight is 360 g/mol. The molecule has 2 rings (SSSR count). The van der Waals surface area contributed by atoms with Gasteiger partial charge in [-0.3, -0.25) is 10.1 Å². The Morgan fingerprint density at radius 2 is 1.71 bits per heavy atom. The van der Waals surface area contributed by atoms with Crippen LogP contribution in [-0.4, -0.2) is 18.8 Å². The molecule has 0 saturated heterocycles. The van der Waals surface area contributed by atoms with E-state index in [0.717, 1.165) is 11.6 Å². The predicted molar refractivity (Wildman–Crippen MR) is 80.1 cm³/mol. The minimum absolute atomic E-state index is 0.0787. The largest absolute Gasteiger partial charge is 0.501 e. The third-order valence-corrected chi connectivity index (χ3v) is 4.59.